The number of thiazole rings is 1. The number of aryl methyl sites for hydroxylation is 2. The highest BCUT2D eigenvalue weighted by Crippen LogP contribution is 2.28. The Bertz CT molecular complexity index is 562. The van der Waals surface area contributed by atoms with E-state index in [0.717, 1.165) is 22.7 Å². The van der Waals surface area contributed by atoms with Gasteiger partial charge in [-0.15, -0.1) is 11.3 Å². The van der Waals surface area contributed by atoms with Crippen molar-refractivity contribution in [3.8, 4) is 0 Å². The zero-order valence-electron chi connectivity index (χ0n) is 12.4. The van der Waals surface area contributed by atoms with Crippen LogP contribution in [0.5, 0.6) is 0 Å². The summed E-state index contributed by atoms with van der Waals surface area (Å²) < 4.78 is 13.0. The lowest BCUT2D eigenvalue weighted by molar-refractivity contribution is 0.458. The van der Waals surface area contributed by atoms with Crippen molar-refractivity contribution in [2.75, 3.05) is 0 Å². The Morgan fingerprint density at radius 2 is 1.90 bits per heavy atom. The molecule has 2 aromatic rings. The van der Waals surface area contributed by atoms with E-state index >= 15 is 0 Å². The normalized spacial score (nSPS) is 14.2. The molecule has 0 bridgehead atoms. The molecular weight excluding hydrogens is 271 g/mol. The van der Waals surface area contributed by atoms with Gasteiger partial charge in [-0.05, 0) is 44.9 Å². The summed E-state index contributed by atoms with van der Waals surface area (Å²) in [4.78, 5) is 5.76. The fourth-order valence-electron chi connectivity index (χ4n) is 2.47. The first kappa shape index (κ1) is 15.1. The summed E-state index contributed by atoms with van der Waals surface area (Å²) >= 11 is 1.74. The third-order valence-electron chi connectivity index (χ3n) is 3.46. The molecule has 1 N–H and O–H groups in total. The Labute approximate surface area is 124 Å². The van der Waals surface area contributed by atoms with Gasteiger partial charge in [-0.1, -0.05) is 19.1 Å². The summed E-state index contributed by atoms with van der Waals surface area (Å²) in [7, 11) is 0. The number of aromatic nitrogens is 1. The quantitative estimate of drug-likeness (QED) is 0.864. The highest BCUT2D eigenvalue weighted by molar-refractivity contribution is 7.11. The van der Waals surface area contributed by atoms with Crippen molar-refractivity contribution in [3.05, 3.63) is 51.2 Å². The molecule has 0 spiro atoms. The molecular formula is C16H21FN2S. The molecule has 2 unspecified atom stereocenters. The maximum absolute atomic E-state index is 13.0. The highest BCUT2D eigenvalue weighted by Gasteiger charge is 2.17. The lowest BCUT2D eigenvalue weighted by Crippen LogP contribution is -2.24. The summed E-state index contributed by atoms with van der Waals surface area (Å²) in [5.74, 6) is -0.189. The standard InChI is InChI=1S/C16H21FN2S/c1-5-15(13-6-8-14(17)9-7-13)19-11(3)16-10(2)18-12(4)20-16/h6-9,11,15,19H,5H2,1-4H3. The SMILES string of the molecule is CCC(NC(C)c1sc(C)nc1C)c1ccc(F)cc1. The molecule has 2 atom stereocenters. The van der Waals surface area contributed by atoms with Crippen LogP contribution in [0.15, 0.2) is 24.3 Å². The minimum absolute atomic E-state index is 0.189. The smallest absolute Gasteiger partial charge is 0.123 e. The molecule has 0 aliphatic carbocycles. The first-order valence-electron chi connectivity index (χ1n) is 6.96. The van der Waals surface area contributed by atoms with Crippen molar-refractivity contribution >= 4 is 11.3 Å². The van der Waals surface area contributed by atoms with Crippen LogP contribution in [0.25, 0.3) is 0 Å². The Balaban J connectivity index is 2.13. The van der Waals surface area contributed by atoms with Gasteiger partial charge in [0.25, 0.3) is 0 Å². The fraction of sp³-hybridized carbons (Fsp3) is 0.438. The van der Waals surface area contributed by atoms with E-state index in [2.05, 4.69) is 31.1 Å². The molecule has 20 heavy (non-hydrogen) atoms. The third-order valence-corrected chi connectivity index (χ3v) is 4.72. The number of rotatable bonds is 5. The van der Waals surface area contributed by atoms with E-state index in [1.54, 1.807) is 11.3 Å². The molecule has 0 fully saturated rings. The molecule has 0 aliphatic rings. The van der Waals surface area contributed by atoms with Crippen LogP contribution in [0.1, 0.15) is 53.5 Å². The summed E-state index contributed by atoms with van der Waals surface area (Å²) in [6.45, 7) is 8.38. The topological polar surface area (TPSA) is 24.9 Å². The second-order valence-electron chi connectivity index (χ2n) is 5.08. The van der Waals surface area contributed by atoms with Crippen molar-refractivity contribution < 1.29 is 4.39 Å². The number of halogens is 1. The zero-order chi connectivity index (χ0) is 14.7. The molecule has 0 aliphatic heterocycles. The van der Waals surface area contributed by atoms with Crippen molar-refractivity contribution in [1.29, 1.82) is 0 Å². The van der Waals surface area contributed by atoms with Gasteiger partial charge in [0.05, 0.1) is 10.7 Å². The van der Waals surface area contributed by atoms with Crippen LogP contribution < -0.4 is 5.32 Å². The zero-order valence-corrected chi connectivity index (χ0v) is 13.2. The van der Waals surface area contributed by atoms with E-state index in [-0.39, 0.29) is 17.9 Å². The van der Waals surface area contributed by atoms with Crippen molar-refractivity contribution in [3.63, 3.8) is 0 Å². The summed E-state index contributed by atoms with van der Waals surface area (Å²) in [5, 5.41) is 4.72. The number of hydrogen-bond donors (Lipinski definition) is 1. The molecule has 1 aromatic carbocycles. The Hall–Kier alpha value is -1.26. The number of hydrogen-bond acceptors (Lipinski definition) is 3. The second-order valence-corrected chi connectivity index (χ2v) is 6.32. The summed E-state index contributed by atoms with van der Waals surface area (Å²) in [6.07, 6.45) is 0.965. The Kier molecular flexibility index (Phi) is 4.89. The van der Waals surface area contributed by atoms with Crippen LogP contribution in [0.4, 0.5) is 4.39 Å². The summed E-state index contributed by atoms with van der Waals surface area (Å²) in [5.41, 5.74) is 2.22. The van der Waals surface area contributed by atoms with E-state index in [1.165, 1.54) is 17.0 Å². The molecule has 2 nitrogen and oxygen atoms in total. The fourth-order valence-corrected chi connectivity index (χ4v) is 3.41. The van der Waals surface area contributed by atoms with Gasteiger partial charge in [0.2, 0.25) is 0 Å². The van der Waals surface area contributed by atoms with Crippen molar-refractivity contribution in [2.24, 2.45) is 0 Å². The molecule has 1 heterocycles. The summed E-state index contributed by atoms with van der Waals surface area (Å²) in [6, 6.07) is 7.23. The van der Waals surface area contributed by atoms with Gasteiger partial charge in [0.15, 0.2) is 0 Å². The van der Waals surface area contributed by atoms with E-state index in [1.807, 2.05) is 19.1 Å². The molecule has 4 heteroatoms. The van der Waals surface area contributed by atoms with Gasteiger partial charge >= 0.3 is 0 Å². The van der Waals surface area contributed by atoms with Crippen LogP contribution in [0.3, 0.4) is 0 Å². The van der Waals surface area contributed by atoms with Gasteiger partial charge in [0, 0.05) is 17.0 Å². The monoisotopic (exact) mass is 292 g/mol. The van der Waals surface area contributed by atoms with Crippen LogP contribution in [0.2, 0.25) is 0 Å². The molecule has 108 valence electrons. The van der Waals surface area contributed by atoms with Crippen LogP contribution in [-0.2, 0) is 0 Å². The molecule has 2 rings (SSSR count). The van der Waals surface area contributed by atoms with E-state index in [4.69, 9.17) is 0 Å². The minimum Gasteiger partial charge on any atom is -0.303 e. The van der Waals surface area contributed by atoms with Crippen LogP contribution in [0, 0.1) is 19.7 Å². The largest absolute Gasteiger partial charge is 0.303 e. The lowest BCUT2D eigenvalue weighted by atomic mass is 10.0. The Morgan fingerprint density at radius 1 is 1.25 bits per heavy atom. The number of benzene rings is 1. The van der Waals surface area contributed by atoms with Gasteiger partial charge in [-0.2, -0.15) is 0 Å². The van der Waals surface area contributed by atoms with Gasteiger partial charge in [0.1, 0.15) is 5.82 Å². The van der Waals surface area contributed by atoms with Crippen molar-refractivity contribution in [2.45, 2.75) is 46.2 Å². The van der Waals surface area contributed by atoms with E-state index < -0.39 is 0 Å². The van der Waals surface area contributed by atoms with Gasteiger partial charge < -0.3 is 5.32 Å². The van der Waals surface area contributed by atoms with E-state index in [9.17, 15) is 4.39 Å². The molecule has 0 saturated heterocycles. The number of nitrogens with one attached hydrogen (secondary N) is 1. The van der Waals surface area contributed by atoms with Crippen molar-refractivity contribution in [1.82, 2.24) is 10.3 Å². The molecule has 1 aromatic heterocycles. The third kappa shape index (κ3) is 3.44. The first-order chi connectivity index (χ1) is 9.51. The minimum atomic E-state index is -0.189. The predicted octanol–water partition coefficient (Wildman–Crippen LogP) is 4.70. The average molecular weight is 292 g/mol. The van der Waals surface area contributed by atoms with E-state index in [0.29, 0.717) is 0 Å². The predicted molar refractivity (Wildman–Crippen MR) is 82.6 cm³/mol. The van der Waals surface area contributed by atoms with Crippen LogP contribution >= 0.6 is 11.3 Å². The van der Waals surface area contributed by atoms with Crippen LogP contribution in [-0.4, -0.2) is 4.98 Å². The first-order valence-corrected chi connectivity index (χ1v) is 7.78. The highest BCUT2D eigenvalue weighted by atomic mass is 32.1. The van der Waals surface area contributed by atoms with Gasteiger partial charge in [-0.3, -0.25) is 0 Å². The Morgan fingerprint density at radius 3 is 2.40 bits per heavy atom. The molecule has 0 radical (unpaired) electrons. The second kappa shape index (κ2) is 6.46. The maximum Gasteiger partial charge on any atom is 0.123 e. The lowest BCUT2D eigenvalue weighted by Gasteiger charge is -2.22. The number of nitrogens with zero attached hydrogens (tertiary/aromatic N) is 1. The molecule has 0 amide bonds. The van der Waals surface area contributed by atoms with Gasteiger partial charge in [-0.25, -0.2) is 9.37 Å². The molecule has 0 saturated carbocycles. The average Bonchev–Trinajstić information content (AvgIpc) is 2.76. The maximum atomic E-state index is 13.0.